The minimum atomic E-state index is -0.403. The first kappa shape index (κ1) is 17.1. The van der Waals surface area contributed by atoms with Gasteiger partial charge in [0.2, 0.25) is 11.8 Å². The van der Waals surface area contributed by atoms with Gasteiger partial charge in [0.1, 0.15) is 11.6 Å². The molecule has 0 bridgehead atoms. The van der Waals surface area contributed by atoms with Crippen LogP contribution in [0, 0.1) is 5.82 Å². The van der Waals surface area contributed by atoms with E-state index in [-0.39, 0.29) is 30.3 Å². The number of nitrogens with one attached hydrogen (secondary N) is 2. The summed E-state index contributed by atoms with van der Waals surface area (Å²) in [4.78, 5) is 23.3. The second-order valence-electron chi connectivity index (χ2n) is 4.94. The smallest absolute Gasteiger partial charge is 0.240 e. The van der Waals surface area contributed by atoms with Crippen LogP contribution in [0.25, 0.3) is 0 Å². The van der Waals surface area contributed by atoms with E-state index in [1.54, 1.807) is 12.1 Å². The van der Waals surface area contributed by atoms with Crippen molar-refractivity contribution >= 4 is 23.7 Å². The van der Waals surface area contributed by atoms with Gasteiger partial charge in [-0.2, -0.15) is 5.10 Å². The summed E-state index contributed by atoms with van der Waals surface area (Å²) in [6.45, 7) is 0. The maximum absolute atomic E-state index is 12.7. The van der Waals surface area contributed by atoms with Crippen molar-refractivity contribution < 1.29 is 19.1 Å². The van der Waals surface area contributed by atoms with Crippen LogP contribution in [0.5, 0.6) is 5.75 Å². The van der Waals surface area contributed by atoms with Crippen LogP contribution in [0.1, 0.15) is 18.4 Å². The van der Waals surface area contributed by atoms with Gasteiger partial charge in [0.15, 0.2) is 0 Å². The number of rotatable bonds is 6. The molecule has 0 atom stereocenters. The Kier molecular flexibility index (Phi) is 6.01. The van der Waals surface area contributed by atoms with Crippen molar-refractivity contribution in [3.8, 4) is 5.75 Å². The van der Waals surface area contributed by atoms with Crippen molar-refractivity contribution in [2.45, 2.75) is 12.8 Å². The van der Waals surface area contributed by atoms with Gasteiger partial charge in [0.05, 0.1) is 6.21 Å². The number of amides is 2. The fourth-order valence-corrected chi connectivity index (χ4v) is 1.78. The van der Waals surface area contributed by atoms with Crippen molar-refractivity contribution in [2.24, 2.45) is 5.10 Å². The van der Waals surface area contributed by atoms with E-state index in [0.29, 0.717) is 11.3 Å². The zero-order valence-electron chi connectivity index (χ0n) is 12.7. The van der Waals surface area contributed by atoms with E-state index in [9.17, 15) is 14.0 Å². The van der Waals surface area contributed by atoms with Gasteiger partial charge in [-0.15, -0.1) is 0 Å². The molecule has 0 aromatic heterocycles. The Morgan fingerprint density at radius 1 is 1.00 bits per heavy atom. The van der Waals surface area contributed by atoms with Crippen molar-refractivity contribution in [3.05, 3.63) is 59.9 Å². The highest BCUT2D eigenvalue weighted by Crippen LogP contribution is 2.09. The van der Waals surface area contributed by atoms with Crippen LogP contribution in [0.2, 0.25) is 0 Å². The minimum Gasteiger partial charge on any atom is -0.508 e. The molecule has 0 aliphatic carbocycles. The predicted molar refractivity (Wildman–Crippen MR) is 88.1 cm³/mol. The summed E-state index contributed by atoms with van der Waals surface area (Å²) in [5.74, 6) is -0.999. The molecule has 0 spiro atoms. The minimum absolute atomic E-state index is 0.0159. The molecule has 2 aromatic carbocycles. The quantitative estimate of drug-likeness (QED) is 0.561. The largest absolute Gasteiger partial charge is 0.508 e. The first-order chi connectivity index (χ1) is 11.5. The normalized spacial score (nSPS) is 10.5. The number of benzene rings is 2. The number of phenolic OH excluding ortho intramolecular Hbond substituents is 1. The van der Waals surface area contributed by atoms with Crippen LogP contribution in [-0.4, -0.2) is 23.1 Å². The first-order valence-electron chi connectivity index (χ1n) is 7.19. The molecule has 0 saturated carbocycles. The Morgan fingerprint density at radius 3 is 2.29 bits per heavy atom. The zero-order chi connectivity index (χ0) is 17.4. The monoisotopic (exact) mass is 329 g/mol. The molecular formula is C17H16FN3O3. The van der Waals surface area contributed by atoms with Crippen LogP contribution < -0.4 is 10.7 Å². The van der Waals surface area contributed by atoms with Gasteiger partial charge in [0, 0.05) is 18.5 Å². The molecule has 0 radical (unpaired) electrons. The average molecular weight is 329 g/mol. The van der Waals surface area contributed by atoms with Crippen LogP contribution in [0.15, 0.2) is 53.6 Å². The van der Waals surface area contributed by atoms with Gasteiger partial charge in [-0.3, -0.25) is 9.59 Å². The summed E-state index contributed by atoms with van der Waals surface area (Å²) < 4.78 is 12.7. The lowest BCUT2D eigenvalue weighted by molar-refractivity contribution is -0.124. The van der Waals surface area contributed by atoms with Crippen molar-refractivity contribution in [1.29, 1.82) is 0 Å². The summed E-state index contributed by atoms with van der Waals surface area (Å²) >= 11 is 0. The number of carbonyl (C=O) groups excluding carboxylic acids is 2. The highest BCUT2D eigenvalue weighted by molar-refractivity contribution is 5.93. The number of halogens is 1. The Labute approximate surface area is 138 Å². The molecule has 0 unspecified atom stereocenters. The average Bonchev–Trinajstić information content (AvgIpc) is 2.57. The Morgan fingerprint density at radius 2 is 1.62 bits per heavy atom. The van der Waals surface area contributed by atoms with E-state index in [0.717, 1.165) is 0 Å². The molecule has 2 rings (SSSR count). The molecule has 3 N–H and O–H groups in total. The molecule has 0 heterocycles. The number of hydrazone groups is 1. The predicted octanol–water partition coefficient (Wildman–Crippen LogP) is 2.40. The molecule has 0 fully saturated rings. The van der Waals surface area contributed by atoms with E-state index in [4.69, 9.17) is 5.11 Å². The first-order valence-corrected chi connectivity index (χ1v) is 7.19. The number of hydrogen-bond donors (Lipinski definition) is 3. The molecule has 7 heteroatoms. The van der Waals surface area contributed by atoms with E-state index in [2.05, 4.69) is 15.8 Å². The van der Waals surface area contributed by atoms with E-state index in [1.165, 1.54) is 42.6 Å². The van der Waals surface area contributed by atoms with Crippen molar-refractivity contribution in [3.63, 3.8) is 0 Å². The number of hydrogen-bond acceptors (Lipinski definition) is 4. The van der Waals surface area contributed by atoms with Gasteiger partial charge >= 0.3 is 0 Å². The maximum Gasteiger partial charge on any atom is 0.240 e. The van der Waals surface area contributed by atoms with E-state index in [1.807, 2.05) is 0 Å². The fourth-order valence-electron chi connectivity index (χ4n) is 1.78. The molecule has 24 heavy (non-hydrogen) atoms. The molecule has 6 nitrogen and oxygen atoms in total. The molecule has 0 aliphatic rings. The van der Waals surface area contributed by atoms with E-state index < -0.39 is 5.91 Å². The number of aromatic hydroxyl groups is 1. The zero-order valence-corrected chi connectivity index (χ0v) is 12.7. The third kappa shape index (κ3) is 5.88. The standard InChI is InChI=1S/C17H16FN3O3/c18-13-3-5-14(6-4-13)20-16(23)9-10-17(24)21-19-11-12-1-7-15(22)8-2-12/h1-8,11,22H,9-10H2,(H,20,23)(H,21,24)/b19-11+. The number of carbonyl (C=O) groups is 2. The van der Waals surface area contributed by atoms with Crippen molar-refractivity contribution in [1.82, 2.24) is 5.43 Å². The third-order valence-electron chi connectivity index (χ3n) is 3.00. The fraction of sp³-hybridized carbons (Fsp3) is 0.118. The van der Waals surface area contributed by atoms with Crippen LogP contribution in [0.4, 0.5) is 10.1 Å². The summed E-state index contributed by atoms with van der Waals surface area (Å²) in [5, 5.41) is 15.5. The second-order valence-corrected chi connectivity index (χ2v) is 4.94. The Bertz CT molecular complexity index is 728. The van der Waals surface area contributed by atoms with Gasteiger partial charge < -0.3 is 10.4 Å². The second kappa shape index (κ2) is 8.42. The van der Waals surface area contributed by atoms with Gasteiger partial charge in [-0.1, -0.05) is 0 Å². The molecule has 2 aromatic rings. The van der Waals surface area contributed by atoms with Gasteiger partial charge in [-0.25, -0.2) is 9.82 Å². The molecule has 2 amide bonds. The van der Waals surface area contributed by atoms with Gasteiger partial charge in [0.25, 0.3) is 0 Å². The molecule has 0 saturated heterocycles. The van der Waals surface area contributed by atoms with Crippen molar-refractivity contribution in [2.75, 3.05) is 5.32 Å². The topological polar surface area (TPSA) is 90.8 Å². The number of anilines is 1. The molecule has 124 valence electrons. The maximum atomic E-state index is 12.7. The lowest BCUT2D eigenvalue weighted by atomic mass is 10.2. The summed E-state index contributed by atoms with van der Waals surface area (Å²) in [6.07, 6.45) is 1.38. The van der Waals surface area contributed by atoms with Crippen LogP contribution in [-0.2, 0) is 9.59 Å². The molecule has 0 aliphatic heterocycles. The highest BCUT2D eigenvalue weighted by Gasteiger charge is 2.06. The lowest BCUT2D eigenvalue weighted by Gasteiger charge is -2.04. The summed E-state index contributed by atoms with van der Waals surface area (Å²) in [7, 11) is 0. The van der Waals surface area contributed by atoms with E-state index >= 15 is 0 Å². The lowest BCUT2D eigenvalue weighted by Crippen LogP contribution is -2.20. The summed E-state index contributed by atoms with van der Waals surface area (Å²) in [5.41, 5.74) is 3.49. The Balaban J connectivity index is 1.71. The number of phenols is 1. The van der Waals surface area contributed by atoms with Gasteiger partial charge in [-0.05, 0) is 54.1 Å². The third-order valence-corrected chi connectivity index (χ3v) is 3.00. The highest BCUT2D eigenvalue weighted by atomic mass is 19.1. The SMILES string of the molecule is O=C(CCC(=O)Nc1ccc(F)cc1)N/N=C/c1ccc(O)cc1. The van der Waals surface area contributed by atoms with Crippen LogP contribution >= 0.6 is 0 Å². The summed E-state index contributed by atoms with van der Waals surface area (Å²) in [6, 6.07) is 11.6. The molecular weight excluding hydrogens is 313 g/mol. The van der Waals surface area contributed by atoms with Crippen LogP contribution in [0.3, 0.4) is 0 Å². The number of nitrogens with zero attached hydrogens (tertiary/aromatic N) is 1. The Hall–Kier alpha value is -3.22.